The Morgan fingerprint density at radius 2 is 2.04 bits per heavy atom. The molecule has 2 heterocycles. The van der Waals surface area contributed by atoms with Crippen LogP contribution in [0.15, 0.2) is 24.5 Å². The minimum Gasteiger partial charge on any atom is -0.373 e. The summed E-state index contributed by atoms with van der Waals surface area (Å²) in [6.45, 7) is 2.18. The standard InChI is InChI=1S/C19H30N4O2/c24-19(20-11-15-7-4-2-1-3-5-8-15)21-12-16-9-6-10-25-18(16)17-13-22-23-14-17/h1-2,13-16,18H,3-12H2,(H,22,23)(H2,20,21,24)/b2-1-/t15?,16-,18+/m0/s1. The van der Waals surface area contributed by atoms with Crippen LogP contribution in [-0.4, -0.2) is 35.9 Å². The van der Waals surface area contributed by atoms with Crippen LogP contribution in [0.3, 0.4) is 0 Å². The molecule has 1 unspecified atom stereocenters. The number of aromatic nitrogens is 2. The van der Waals surface area contributed by atoms with Gasteiger partial charge in [-0.2, -0.15) is 5.10 Å². The summed E-state index contributed by atoms with van der Waals surface area (Å²) >= 11 is 0. The Bertz CT molecular complexity index is 544. The molecule has 0 bridgehead atoms. The van der Waals surface area contributed by atoms with Crippen LogP contribution in [0, 0.1) is 11.8 Å². The molecule has 3 N–H and O–H groups in total. The number of rotatable bonds is 5. The average molecular weight is 346 g/mol. The number of ether oxygens (including phenoxy) is 1. The van der Waals surface area contributed by atoms with E-state index in [2.05, 4.69) is 33.0 Å². The Labute approximate surface area is 149 Å². The maximum Gasteiger partial charge on any atom is 0.314 e. The smallest absolute Gasteiger partial charge is 0.314 e. The van der Waals surface area contributed by atoms with Crippen LogP contribution in [0.2, 0.25) is 0 Å². The first kappa shape index (κ1) is 18.0. The highest BCUT2D eigenvalue weighted by molar-refractivity contribution is 5.73. The van der Waals surface area contributed by atoms with E-state index in [0.29, 0.717) is 18.4 Å². The van der Waals surface area contributed by atoms with Crippen molar-refractivity contribution in [3.8, 4) is 0 Å². The van der Waals surface area contributed by atoms with E-state index in [-0.39, 0.29) is 12.1 Å². The summed E-state index contributed by atoms with van der Waals surface area (Å²) in [5.74, 6) is 0.885. The number of carbonyl (C=O) groups is 1. The number of allylic oxidation sites excluding steroid dienone is 2. The third kappa shape index (κ3) is 5.59. The number of hydrogen-bond acceptors (Lipinski definition) is 3. The van der Waals surface area contributed by atoms with Crippen molar-refractivity contribution in [2.75, 3.05) is 19.7 Å². The lowest BCUT2D eigenvalue weighted by atomic mass is 9.91. The molecule has 1 saturated heterocycles. The van der Waals surface area contributed by atoms with Gasteiger partial charge in [-0.15, -0.1) is 0 Å². The molecule has 1 fully saturated rings. The summed E-state index contributed by atoms with van der Waals surface area (Å²) in [5, 5.41) is 13.0. The lowest BCUT2D eigenvalue weighted by molar-refractivity contribution is -0.0268. The van der Waals surface area contributed by atoms with E-state index < -0.39 is 0 Å². The minimum atomic E-state index is -0.0610. The van der Waals surface area contributed by atoms with Crippen molar-refractivity contribution in [2.24, 2.45) is 11.8 Å². The van der Waals surface area contributed by atoms with Gasteiger partial charge in [-0.25, -0.2) is 4.79 Å². The Morgan fingerprint density at radius 3 is 2.92 bits per heavy atom. The van der Waals surface area contributed by atoms with Gasteiger partial charge in [-0.1, -0.05) is 12.2 Å². The normalized spacial score (nSPS) is 28.6. The van der Waals surface area contributed by atoms with Crippen LogP contribution in [-0.2, 0) is 4.74 Å². The van der Waals surface area contributed by atoms with E-state index in [0.717, 1.165) is 44.4 Å². The van der Waals surface area contributed by atoms with Crippen LogP contribution in [0.4, 0.5) is 4.79 Å². The number of nitrogens with zero attached hydrogens (tertiary/aromatic N) is 1. The number of aromatic amines is 1. The maximum absolute atomic E-state index is 12.2. The zero-order valence-corrected chi connectivity index (χ0v) is 14.9. The molecule has 25 heavy (non-hydrogen) atoms. The van der Waals surface area contributed by atoms with E-state index in [1.807, 2.05) is 12.4 Å². The summed E-state index contributed by atoms with van der Waals surface area (Å²) in [6, 6.07) is -0.0610. The van der Waals surface area contributed by atoms with Crippen LogP contribution in [0.5, 0.6) is 0 Å². The van der Waals surface area contributed by atoms with Crippen LogP contribution in [0.1, 0.15) is 56.6 Å². The van der Waals surface area contributed by atoms with Crippen molar-refractivity contribution in [1.82, 2.24) is 20.8 Å². The fourth-order valence-corrected chi connectivity index (χ4v) is 3.80. The number of amides is 2. The average Bonchev–Trinajstić information content (AvgIpc) is 3.14. The third-order valence-electron chi connectivity index (χ3n) is 5.26. The first-order valence-electron chi connectivity index (χ1n) is 9.60. The van der Waals surface area contributed by atoms with E-state index in [1.165, 1.54) is 19.3 Å². The first-order chi connectivity index (χ1) is 12.3. The van der Waals surface area contributed by atoms with E-state index in [9.17, 15) is 4.79 Å². The predicted octanol–water partition coefficient (Wildman–Crippen LogP) is 3.31. The lowest BCUT2D eigenvalue weighted by Crippen LogP contribution is -2.42. The van der Waals surface area contributed by atoms with Gasteiger partial charge in [0.2, 0.25) is 0 Å². The van der Waals surface area contributed by atoms with Crippen molar-refractivity contribution >= 4 is 6.03 Å². The Kier molecular flexibility index (Phi) is 6.91. The summed E-state index contributed by atoms with van der Waals surface area (Å²) in [4.78, 5) is 12.2. The fraction of sp³-hybridized carbons (Fsp3) is 0.684. The van der Waals surface area contributed by atoms with Crippen molar-refractivity contribution < 1.29 is 9.53 Å². The van der Waals surface area contributed by atoms with Gasteiger partial charge in [0, 0.05) is 37.4 Å². The number of hydrogen-bond donors (Lipinski definition) is 3. The largest absolute Gasteiger partial charge is 0.373 e. The summed E-state index contributed by atoms with van der Waals surface area (Å²) in [6.07, 6.45) is 16.2. The molecule has 0 spiro atoms. The molecule has 1 aromatic heterocycles. The number of nitrogens with one attached hydrogen (secondary N) is 3. The molecule has 6 heteroatoms. The first-order valence-corrected chi connectivity index (χ1v) is 9.60. The second-order valence-corrected chi connectivity index (χ2v) is 7.16. The van der Waals surface area contributed by atoms with Gasteiger partial charge in [-0.3, -0.25) is 5.10 Å². The zero-order valence-electron chi connectivity index (χ0n) is 14.9. The minimum absolute atomic E-state index is 0.0187. The highest BCUT2D eigenvalue weighted by Crippen LogP contribution is 2.32. The molecule has 1 aliphatic heterocycles. The fourth-order valence-electron chi connectivity index (χ4n) is 3.80. The monoisotopic (exact) mass is 346 g/mol. The topological polar surface area (TPSA) is 79.0 Å². The van der Waals surface area contributed by atoms with Crippen molar-refractivity contribution in [2.45, 2.75) is 51.0 Å². The van der Waals surface area contributed by atoms with Crippen molar-refractivity contribution in [3.05, 3.63) is 30.1 Å². The van der Waals surface area contributed by atoms with Gasteiger partial charge in [0.05, 0.1) is 12.3 Å². The van der Waals surface area contributed by atoms with Crippen LogP contribution < -0.4 is 10.6 Å². The van der Waals surface area contributed by atoms with Crippen LogP contribution >= 0.6 is 0 Å². The molecule has 1 aliphatic carbocycles. The SMILES string of the molecule is O=C(NCC1CC/C=C\CCC1)NC[C@@H]1CCCO[C@H]1c1cn[nH]c1. The predicted molar refractivity (Wildman–Crippen MR) is 97.1 cm³/mol. The Hall–Kier alpha value is -1.82. The molecule has 3 rings (SSSR count). The van der Waals surface area contributed by atoms with E-state index >= 15 is 0 Å². The number of H-pyrrole nitrogens is 1. The van der Waals surface area contributed by atoms with Gasteiger partial charge in [0.25, 0.3) is 0 Å². The highest BCUT2D eigenvalue weighted by atomic mass is 16.5. The third-order valence-corrected chi connectivity index (χ3v) is 5.26. The molecule has 2 aliphatic rings. The van der Waals surface area contributed by atoms with Gasteiger partial charge in [0.15, 0.2) is 0 Å². The molecule has 1 aromatic rings. The molecular weight excluding hydrogens is 316 g/mol. The number of carbonyl (C=O) groups excluding carboxylic acids is 1. The zero-order chi connectivity index (χ0) is 17.3. The molecule has 138 valence electrons. The van der Waals surface area contributed by atoms with Crippen LogP contribution in [0.25, 0.3) is 0 Å². The maximum atomic E-state index is 12.2. The molecule has 3 atom stereocenters. The quantitative estimate of drug-likeness (QED) is 0.716. The van der Waals surface area contributed by atoms with Gasteiger partial charge in [-0.05, 0) is 50.9 Å². The van der Waals surface area contributed by atoms with E-state index in [1.54, 1.807) is 0 Å². The summed E-state index contributed by atoms with van der Waals surface area (Å²) in [7, 11) is 0. The van der Waals surface area contributed by atoms with Gasteiger partial charge in [0.1, 0.15) is 0 Å². The molecule has 0 radical (unpaired) electrons. The van der Waals surface area contributed by atoms with E-state index in [4.69, 9.17) is 4.74 Å². The Morgan fingerprint density at radius 1 is 1.16 bits per heavy atom. The summed E-state index contributed by atoms with van der Waals surface area (Å²) < 4.78 is 5.91. The molecule has 2 amide bonds. The second-order valence-electron chi connectivity index (χ2n) is 7.16. The lowest BCUT2D eigenvalue weighted by Gasteiger charge is -2.31. The summed E-state index contributed by atoms with van der Waals surface area (Å²) in [5.41, 5.74) is 1.06. The second kappa shape index (κ2) is 9.61. The number of urea groups is 1. The van der Waals surface area contributed by atoms with Gasteiger partial charge < -0.3 is 15.4 Å². The van der Waals surface area contributed by atoms with Crippen molar-refractivity contribution in [1.29, 1.82) is 0 Å². The molecule has 0 aromatic carbocycles. The Balaban J connectivity index is 1.41. The van der Waals surface area contributed by atoms with Crippen molar-refractivity contribution in [3.63, 3.8) is 0 Å². The molecular formula is C19H30N4O2. The van der Waals surface area contributed by atoms with Gasteiger partial charge >= 0.3 is 6.03 Å². The molecule has 6 nitrogen and oxygen atoms in total. The molecule has 0 saturated carbocycles. The highest BCUT2D eigenvalue weighted by Gasteiger charge is 2.28.